The van der Waals surface area contributed by atoms with E-state index in [2.05, 4.69) is 15.5 Å². The molecule has 2 N–H and O–H groups in total. The molecule has 0 saturated carbocycles. The number of hydrogen-bond acceptors (Lipinski definition) is 3. The van der Waals surface area contributed by atoms with Crippen LogP contribution in [0.1, 0.15) is 61.6 Å². The van der Waals surface area contributed by atoms with Crippen LogP contribution < -0.4 is 10.6 Å². The third-order valence-electron chi connectivity index (χ3n) is 7.43. The van der Waals surface area contributed by atoms with Gasteiger partial charge in [0.15, 0.2) is 0 Å². The first-order valence-electron chi connectivity index (χ1n) is 13.8. The molecule has 0 unspecified atom stereocenters. The quantitative estimate of drug-likeness (QED) is 0.247. The molecule has 8 heteroatoms. The largest absolute Gasteiger partial charge is 0.355 e. The minimum Gasteiger partial charge on any atom is -0.355 e. The van der Waals surface area contributed by atoms with Crippen molar-refractivity contribution in [2.75, 3.05) is 31.5 Å². The molecular weight excluding hydrogens is 548 g/mol. The lowest BCUT2D eigenvalue weighted by atomic mass is 9.88. The smallest absolute Gasteiger partial charge is 0.232 e. The molecule has 212 valence electrons. The van der Waals surface area contributed by atoms with Gasteiger partial charge in [-0.05, 0) is 104 Å². The second-order valence-electron chi connectivity index (χ2n) is 10.7. The number of nitrogens with one attached hydrogen (secondary N) is 2. The zero-order valence-corrected chi connectivity index (χ0v) is 24.4. The van der Waals surface area contributed by atoms with Crippen LogP contribution in [0.25, 0.3) is 0 Å². The molecular formula is C32H36Cl2FN3O2. The van der Waals surface area contributed by atoms with Crippen molar-refractivity contribution in [3.8, 4) is 0 Å². The fourth-order valence-corrected chi connectivity index (χ4v) is 5.36. The van der Waals surface area contributed by atoms with Crippen molar-refractivity contribution in [3.63, 3.8) is 0 Å². The summed E-state index contributed by atoms with van der Waals surface area (Å²) in [5, 5.41) is 7.22. The molecule has 0 atom stereocenters. The first kappa shape index (κ1) is 30.0. The summed E-state index contributed by atoms with van der Waals surface area (Å²) in [6, 6.07) is 19.5. The van der Waals surface area contributed by atoms with Gasteiger partial charge in [0.25, 0.3) is 0 Å². The Hall–Kier alpha value is -2.93. The Balaban J connectivity index is 1.27. The molecule has 3 aromatic rings. The maximum Gasteiger partial charge on any atom is 0.232 e. The molecule has 3 aromatic carbocycles. The summed E-state index contributed by atoms with van der Waals surface area (Å²) in [7, 11) is 0. The standard InChI is InChI=1S/C32H36Cl2FN3O2/c1-21(2)31(39)37-27-12-13-29(35)28(20-27)22-14-18-38(19-15-22)17-3-16-36-32(40)30(23-4-8-25(33)9-5-23)24-6-10-26(34)11-7-24/h4-13,20-22,30H,3,14-19H2,1-2H3,(H,36,40)(H,37,39). The van der Waals surface area contributed by atoms with Crippen molar-refractivity contribution in [1.29, 1.82) is 0 Å². The number of nitrogens with zero attached hydrogens (tertiary/aromatic N) is 1. The number of halogens is 3. The van der Waals surface area contributed by atoms with Gasteiger partial charge in [0.2, 0.25) is 11.8 Å². The molecule has 1 fully saturated rings. The number of carbonyl (C=O) groups is 2. The van der Waals surface area contributed by atoms with Crippen LogP contribution >= 0.6 is 23.2 Å². The van der Waals surface area contributed by atoms with Gasteiger partial charge in [-0.2, -0.15) is 0 Å². The van der Waals surface area contributed by atoms with Gasteiger partial charge in [-0.3, -0.25) is 9.59 Å². The number of amides is 2. The minimum atomic E-state index is -0.457. The van der Waals surface area contributed by atoms with Crippen LogP contribution in [0.3, 0.4) is 0 Å². The van der Waals surface area contributed by atoms with Gasteiger partial charge in [0.1, 0.15) is 5.82 Å². The maximum atomic E-state index is 14.6. The lowest BCUT2D eigenvalue weighted by Gasteiger charge is -2.32. The molecule has 0 aromatic heterocycles. The summed E-state index contributed by atoms with van der Waals surface area (Å²) >= 11 is 12.1. The van der Waals surface area contributed by atoms with E-state index in [0.29, 0.717) is 27.8 Å². The van der Waals surface area contributed by atoms with Gasteiger partial charge in [0.05, 0.1) is 5.92 Å². The first-order valence-corrected chi connectivity index (χ1v) is 14.6. The zero-order valence-electron chi connectivity index (χ0n) is 22.9. The lowest BCUT2D eigenvalue weighted by Crippen LogP contribution is -2.36. The Bertz CT molecular complexity index is 1250. The van der Waals surface area contributed by atoms with Crippen LogP contribution in [0.5, 0.6) is 0 Å². The summed E-state index contributed by atoms with van der Waals surface area (Å²) in [6.07, 6.45) is 2.51. The van der Waals surface area contributed by atoms with Gasteiger partial charge >= 0.3 is 0 Å². The number of piperidine rings is 1. The van der Waals surface area contributed by atoms with Gasteiger partial charge in [-0.1, -0.05) is 61.3 Å². The summed E-state index contributed by atoms with van der Waals surface area (Å²) < 4.78 is 14.6. The van der Waals surface area contributed by atoms with E-state index >= 15 is 0 Å². The van der Waals surface area contributed by atoms with Gasteiger partial charge in [-0.15, -0.1) is 0 Å². The summed E-state index contributed by atoms with van der Waals surface area (Å²) in [6.45, 7) is 6.80. The Morgan fingerprint density at radius 2 is 1.48 bits per heavy atom. The van der Waals surface area contributed by atoms with E-state index in [1.165, 1.54) is 6.07 Å². The van der Waals surface area contributed by atoms with Crippen molar-refractivity contribution < 1.29 is 14.0 Å². The van der Waals surface area contributed by atoms with Crippen LogP contribution in [-0.4, -0.2) is 42.9 Å². The van der Waals surface area contributed by atoms with Gasteiger partial charge in [0, 0.05) is 28.2 Å². The fourth-order valence-electron chi connectivity index (χ4n) is 5.11. The predicted octanol–water partition coefficient (Wildman–Crippen LogP) is 7.24. The van der Waals surface area contributed by atoms with Crippen LogP contribution in [0.4, 0.5) is 10.1 Å². The monoisotopic (exact) mass is 583 g/mol. The SMILES string of the molecule is CC(C)C(=O)Nc1ccc(F)c(C2CCN(CCCNC(=O)C(c3ccc(Cl)cc3)c3ccc(Cl)cc3)CC2)c1. The number of hydrogen-bond donors (Lipinski definition) is 2. The Morgan fingerprint density at radius 3 is 2.02 bits per heavy atom. The molecule has 0 radical (unpaired) electrons. The highest BCUT2D eigenvalue weighted by atomic mass is 35.5. The van der Waals surface area contributed by atoms with E-state index in [0.717, 1.165) is 50.0 Å². The highest BCUT2D eigenvalue weighted by molar-refractivity contribution is 6.30. The molecule has 1 aliphatic heterocycles. The molecule has 2 amide bonds. The average Bonchev–Trinajstić information content (AvgIpc) is 2.94. The minimum absolute atomic E-state index is 0.0664. The molecule has 0 bridgehead atoms. The number of benzene rings is 3. The molecule has 5 nitrogen and oxygen atoms in total. The molecule has 4 rings (SSSR count). The number of anilines is 1. The van der Waals surface area contributed by atoms with Crippen molar-refractivity contribution in [3.05, 3.63) is 99.3 Å². The van der Waals surface area contributed by atoms with E-state index < -0.39 is 5.92 Å². The number of carbonyl (C=O) groups excluding carboxylic acids is 2. The molecule has 1 saturated heterocycles. The van der Waals surface area contributed by atoms with Crippen molar-refractivity contribution >= 4 is 40.7 Å². The van der Waals surface area contributed by atoms with Crippen molar-refractivity contribution in [2.45, 2.75) is 44.9 Å². The zero-order chi connectivity index (χ0) is 28.6. The molecule has 1 aliphatic rings. The summed E-state index contributed by atoms with van der Waals surface area (Å²) in [5.74, 6) is -0.843. The first-order chi connectivity index (χ1) is 19.2. The second kappa shape index (κ2) is 14.1. The van der Waals surface area contributed by atoms with Crippen LogP contribution in [-0.2, 0) is 9.59 Å². The average molecular weight is 585 g/mol. The highest BCUT2D eigenvalue weighted by Crippen LogP contribution is 2.32. The predicted molar refractivity (Wildman–Crippen MR) is 161 cm³/mol. The Labute approximate surface area is 246 Å². The fraction of sp³-hybridized carbons (Fsp3) is 0.375. The topological polar surface area (TPSA) is 61.4 Å². The van der Waals surface area contributed by atoms with Gasteiger partial charge in [-0.25, -0.2) is 4.39 Å². The lowest BCUT2D eigenvalue weighted by molar-refractivity contribution is -0.121. The van der Waals surface area contributed by atoms with E-state index in [1.54, 1.807) is 36.4 Å². The van der Waals surface area contributed by atoms with E-state index in [4.69, 9.17) is 23.2 Å². The maximum absolute atomic E-state index is 14.6. The van der Waals surface area contributed by atoms with E-state index in [-0.39, 0.29) is 29.5 Å². The normalized spacial score (nSPS) is 14.5. The molecule has 40 heavy (non-hydrogen) atoms. The summed E-state index contributed by atoms with van der Waals surface area (Å²) in [5.41, 5.74) is 3.05. The second-order valence-corrected chi connectivity index (χ2v) is 11.5. The van der Waals surface area contributed by atoms with Crippen molar-refractivity contribution in [2.24, 2.45) is 5.92 Å². The third kappa shape index (κ3) is 8.06. The number of likely N-dealkylation sites (tertiary alicyclic amines) is 1. The molecule has 0 aliphatic carbocycles. The third-order valence-corrected chi connectivity index (χ3v) is 7.94. The van der Waals surface area contributed by atoms with Crippen LogP contribution in [0.15, 0.2) is 66.7 Å². The van der Waals surface area contributed by atoms with Crippen LogP contribution in [0.2, 0.25) is 10.0 Å². The number of rotatable bonds is 10. The highest BCUT2D eigenvalue weighted by Gasteiger charge is 2.25. The Morgan fingerprint density at radius 1 is 0.900 bits per heavy atom. The molecule has 1 heterocycles. The van der Waals surface area contributed by atoms with E-state index in [9.17, 15) is 14.0 Å². The van der Waals surface area contributed by atoms with E-state index in [1.807, 2.05) is 38.1 Å². The Kier molecular flexibility index (Phi) is 10.6. The summed E-state index contributed by atoms with van der Waals surface area (Å²) in [4.78, 5) is 27.7. The van der Waals surface area contributed by atoms with Crippen LogP contribution in [0, 0.1) is 11.7 Å². The molecule has 0 spiro atoms. The van der Waals surface area contributed by atoms with Crippen molar-refractivity contribution in [1.82, 2.24) is 10.2 Å². The van der Waals surface area contributed by atoms with Gasteiger partial charge < -0.3 is 15.5 Å².